The summed E-state index contributed by atoms with van der Waals surface area (Å²) in [5.74, 6) is 1.35. The van der Waals surface area contributed by atoms with E-state index in [0.29, 0.717) is 10.9 Å². The SMILES string of the molecule is Cc1ccc(-c2nc(SCC(=O)N3CCCCCC3)n[nH]2)cc1. The van der Waals surface area contributed by atoms with Crippen LogP contribution in [0.15, 0.2) is 29.4 Å². The highest BCUT2D eigenvalue weighted by Crippen LogP contribution is 2.20. The summed E-state index contributed by atoms with van der Waals surface area (Å²) in [5, 5.41) is 7.78. The van der Waals surface area contributed by atoms with E-state index in [1.807, 2.05) is 29.2 Å². The highest BCUT2D eigenvalue weighted by atomic mass is 32.2. The first kappa shape index (κ1) is 16.1. The summed E-state index contributed by atoms with van der Waals surface area (Å²) < 4.78 is 0. The van der Waals surface area contributed by atoms with Crippen LogP contribution in [-0.2, 0) is 4.79 Å². The Labute approximate surface area is 140 Å². The van der Waals surface area contributed by atoms with Gasteiger partial charge >= 0.3 is 0 Å². The number of aromatic amines is 1. The van der Waals surface area contributed by atoms with Crippen LogP contribution in [0.2, 0.25) is 0 Å². The summed E-state index contributed by atoms with van der Waals surface area (Å²) in [6, 6.07) is 8.14. The molecule has 0 unspecified atom stereocenters. The fourth-order valence-corrected chi connectivity index (χ4v) is 3.39. The van der Waals surface area contributed by atoms with E-state index < -0.39 is 0 Å². The molecule has 122 valence electrons. The minimum Gasteiger partial charge on any atom is -0.342 e. The second kappa shape index (κ2) is 7.64. The first-order chi connectivity index (χ1) is 11.2. The third-order valence-electron chi connectivity index (χ3n) is 4.07. The van der Waals surface area contributed by atoms with Crippen molar-refractivity contribution >= 4 is 17.7 Å². The number of H-pyrrole nitrogens is 1. The molecule has 1 aromatic carbocycles. The Balaban J connectivity index is 1.56. The van der Waals surface area contributed by atoms with Crippen molar-refractivity contribution in [1.82, 2.24) is 20.1 Å². The van der Waals surface area contributed by atoms with Gasteiger partial charge in [0.15, 0.2) is 5.82 Å². The van der Waals surface area contributed by atoms with Crippen molar-refractivity contribution in [3.63, 3.8) is 0 Å². The van der Waals surface area contributed by atoms with Crippen LogP contribution in [0.3, 0.4) is 0 Å². The number of hydrogen-bond acceptors (Lipinski definition) is 4. The molecule has 1 N–H and O–H groups in total. The molecule has 1 saturated heterocycles. The average molecular weight is 330 g/mol. The number of likely N-dealkylation sites (tertiary alicyclic amines) is 1. The first-order valence-electron chi connectivity index (χ1n) is 8.12. The maximum Gasteiger partial charge on any atom is 0.233 e. The summed E-state index contributed by atoms with van der Waals surface area (Å²) in [7, 11) is 0. The van der Waals surface area contributed by atoms with Crippen molar-refractivity contribution in [2.24, 2.45) is 0 Å². The van der Waals surface area contributed by atoms with Gasteiger partial charge < -0.3 is 4.90 Å². The lowest BCUT2D eigenvalue weighted by Crippen LogP contribution is -2.33. The van der Waals surface area contributed by atoms with Gasteiger partial charge in [-0.3, -0.25) is 9.89 Å². The maximum absolute atomic E-state index is 12.3. The van der Waals surface area contributed by atoms with Gasteiger partial charge in [-0.15, -0.1) is 5.10 Å². The van der Waals surface area contributed by atoms with Crippen LogP contribution in [0.1, 0.15) is 31.2 Å². The number of carbonyl (C=O) groups excluding carboxylic acids is 1. The summed E-state index contributed by atoms with van der Waals surface area (Å²) in [6.07, 6.45) is 4.71. The standard InChI is InChI=1S/C17H22N4OS/c1-13-6-8-14(9-7-13)16-18-17(20-19-16)23-12-15(22)21-10-4-2-3-5-11-21/h6-9H,2-5,10-12H2,1H3,(H,18,19,20). The van der Waals surface area contributed by atoms with Gasteiger partial charge in [0.25, 0.3) is 0 Å². The van der Waals surface area contributed by atoms with Crippen LogP contribution in [0.25, 0.3) is 11.4 Å². The quantitative estimate of drug-likeness (QED) is 0.874. The summed E-state index contributed by atoms with van der Waals surface area (Å²) in [5.41, 5.74) is 2.22. The number of hydrogen-bond donors (Lipinski definition) is 1. The number of aromatic nitrogens is 3. The van der Waals surface area contributed by atoms with Gasteiger partial charge in [0.2, 0.25) is 11.1 Å². The highest BCUT2D eigenvalue weighted by molar-refractivity contribution is 7.99. The van der Waals surface area contributed by atoms with Crippen LogP contribution in [0, 0.1) is 6.92 Å². The van der Waals surface area contributed by atoms with Crippen molar-refractivity contribution in [3.8, 4) is 11.4 Å². The maximum atomic E-state index is 12.3. The second-order valence-corrected chi connectivity index (χ2v) is 6.86. The molecule has 0 aliphatic carbocycles. The number of amides is 1. The molecule has 0 saturated carbocycles. The molecule has 5 nitrogen and oxygen atoms in total. The van der Waals surface area contributed by atoms with Crippen molar-refractivity contribution < 1.29 is 4.79 Å². The molecule has 0 atom stereocenters. The second-order valence-electron chi connectivity index (χ2n) is 5.92. The number of aryl methyl sites for hydroxylation is 1. The molecule has 2 heterocycles. The number of carbonyl (C=O) groups is 1. The molecule has 1 aliphatic heterocycles. The van der Waals surface area contributed by atoms with E-state index in [1.165, 1.54) is 30.2 Å². The van der Waals surface area contributed by atoms with Crippen LogP contribution in [0.5, 0.6) is 0 Å². The molecule has 3 rings (SSSR count). The summed E-state index contributed by atoms with van der Waals surface area (Å²) in [4.78, 5) is 18.7. The molecule has 1 amide bonds. The number of rotatable bonds is 4. The van der Waals surface area contributed by atoms with Gasteiger partial charge in [0, 0.05) is 18.7 Å². The number of nitrogens with zero attached hydrogens (tertiary/aromatic N) is 3. The smallest absolute Gasteiger partial charge is 0.233 e. The van der Waals surface area contributed by atoms with E-state index in [1.54, 1.807) is 0 Å². The van der Waals surface area contributed by atoms with Gasteiger partial charge in [-0.1, -0.05) is 54.4 Å². The van der Waals surface area contributed by atoms with Crippen LogP contribution in [-0.4, -0.2) is 44.8 Å². The molecule has 1 fully saturated rings. The topological polar surface area (TPSA) is 61.9 Å². The number of benzene rings is 1. The Kier molecular flexibility index (Phi) is 5.33. The van der Waals surface area contributed by atoms with Crippen LogP contribution in [0.4, 0.5) is 0 Å². The normalized spacial score (nSPS) is 15.4. The van der Waals surface area contributed by atoms with Gasteiger partial charge in [-0.25, -0.2) is 4.98 Å². The Hall–Kier alpha value is -1.82. The Morgan fingerprint density at radius 3 is 2.57 bits per heavy atom. The third-order valence-corrected chi connectivity index (χ3v) is 4.91. The fraction of sp³-hybridized carbons (Fsp3) is 0.471. The summed E-state index contributed by atoms with van der Waals surface area (Å²) >= 11 is 1.40. The monoisotopic (exact) mass is 330 g/mol. The van der Waals surface area contributed by atoms with Crippen molar-refractivity contribution in [2.75, 3.05) is 18.8 Å². The zero-order valence-electron chi connectivity index (χ0n) is 13.4. The molecule has 2 aromatic rings. The minimum atomic E-state index is 0.193. The zero-order chi connectivity index (χ0) is 16.1. The molecule has 1 aliphatic rings. The molecule has 1 aromatic heterocycles. The molecule has 23 heavy (non-hydrogen) atoms. The minimum absolute atomic E-state index is 0.193. The number of nitrogens with one attached hydrogen (secondary N) is 1. The first-order valence-corrected chi connectivity index (χ1v) is 9.11. The molecule has 6 heteroatoms. The predicted molar refractivity (Wildman–Crippen MR) is 92.3 cm³/mol. The fourth-order valence-electron chi connectivity index (χ4n) is 2.69. The highest BCUT2D eigenvalue weighted by Gasteiger charge is 2.16. The van der Waals surface area contributed by atoms with Crippen molar-refractivity contribution in [3.05, 3.63) is 29.8 Å². The van der Waals surface area contributed by atoms with Gasteiger partial charge in [0.1, 0.15) is 0 Å². The Morgan fingerprint density at radius 1 is 1.17 bits per heavy atom. The van der Waals surface area contributed by atoms with E-state index in [0.717, 1.165) is 37.3 Å². The lowest BCUT2D eigenvalue weighted by Gasteiger charge is -2.19. The third kappa shape index (κ3) is 4.34. The lowest BCUT2D eigenvalue weighted by molar-refractivity contribution is -0.128. The van der Waals surface area contributed by atoms with Crippen LogP contribution >= 0.6 is 11.8 Å². The van der Waals surface area contributed by atoms with E-state index in [4.69, 9.17) is 0 Å². The van der Waals surface area contributed by atoms with Crippen LogP contribution < -0.4 is 0 Å². The van der Waals surface area contributed by atoms with Gasteiger partial charge in [0.05, 0.1) is 5.75 Å². The molecule has 0 spiro atoms. The van der Waals surface area contributed by atoms with Gasteiger partial charge in [-0.05, 0) is 19.8 Å². The largest absolute Gasteiger partial charge is 0.342 e. The molecule has 0 bridgehead atoms. The average Bonchev–Trinajstić information content (AvgIpc) is 2.86. The molecule has 0 radical (unpaired) electrons. The Morgan fingerprint density at radius 2 is 1.87 bits per heavy atom. The molecular formula is C17H22N4OS. The van der Waals surface area contributed by atoms with E-state index in [2.05, 4.69) is 22.1 Å². The van der Waals surface area contributed by atoms with Gasteiger partial charge in [-0.2, -0.15) is 0 Å². The van der Waals surface area contributed by atoms with Crippen molar-refractivity contribution in [1.29, 1.82) is 0 Å². The van der Waals surface area contributed by atoms with Crippen molar-refractivity contribution in [2.45, 2.75) is 37.8 Å². The van der Waals surface area contributed by atoms with E-state index >= 15 is 0 Å². The zero-order valence-corrected chi connectivity index (χ0v) is 14.2. The summed E-state index contributed by atoms with van der Waals surface area (Å²) in [6.45, 7) is 3.84. The van der Waals surface area contributed by atoms with E-state index in [-0.39, 0.29) is 5.91 Å². The number of thioether (sulfide) groups is 1. The van der Waals surface area contributed by atoms with E-state index in [9.17, 15) is 4.79 Å². The predicted octanol–water partition coefficient (Wildman–Crippen LogP) is 3.27. The lowest BCUT2D eigenvalue weighted by atomic mass is 10.1. The molecular weight excluding hydrogens is 308 g/mol. The Bertz CT molecular complexity index is 645.